The maximum absolute atomic E-state index is 6.24. The monoisotopic (exact) mass is 566 g/mol. The van der Waals surface area contributed by atoms with E-state index in [4.69, 9.17) is 19.2 Å². The first-order valence-electron chi connectivity index (χ1n) is 12.6. The number of methoxy groups -OCH3 is 1. The number of hydrogen-bond acceptors (Lipinski definition) is 7. The molecule has 0 unspecified atom stereocenters. The molecule has 0 spiro atoms. The van der Waals surface area contributed by atoms with Crippen LogP contribution in [0.4, 0.5) is 5.82 Å². The number of rotatable bonds is 9. The number of benzene rings is 2. The zero-order valence-electron chi connectivity index (χ0n) is 22.1. The summed E-state index contributed by atoms with van der Waals surface area (Å²) in [4.78, 5) is 14.0. The van der Waals surface area contributed by atoms with Crippen LogP contribution in [0.5, 0.6) is 11.5 Å². The van der Waals surface area contributed by atoms with Gasteiger partial charge in [-0.15, -0.1) is 0 Å². The Hall–Kier alpha value is -2.90. The Morgan fingerprint density at radius 1 is 1.16 bits per heavy atom. The first kappa shape index (κ1) is 25.7. The Balaban J connectivity index is 1.44. The second-order valence-corrected chi connectivity index (χ2v) is 11.7. The van der Waals surface area contributed by atoms with Gasteiger partial charge in [-0.3, -0.25) is 0 Å². The fourth-order valence-electron chi connectivity index (χ4n) is 4.68. The Bertz CT molecular complexity index is 1380. The van der Waals surface area contributed by atoms with Gasteiger partial charge in [0.1, 0.15) is 0 Å². The van der Waals surface area contributed by atoms with Gasteiger partial charge < -0.3 is 0 Å². The summed E-state index contributed by atoms with van der Waals surface area (Å²) in [7, 11) is 5.88. The van der Waals surface area contributed by atoms with Crippen LogP contribution in [0.2, 0.25) is 0 Å². The SMILES string of the molecule is COc1cc2nc(C)nc(N[C@H](C)c3cc(-c4ccccc4CN(C)C)c[se]3)c2cc1O[C@H]1CCOC1. The Morgan fingerprint density at radius 3 is 2.76 bits per heavy atom. The second kappa shape index (κ2) is 11.2. The number of ether oxygens (including phenoxy) is 3. The average Bonchev–Trinajstić information content (AvgIpc) is 3.56. The van der Waals surface area contributed by atoms with Crippen LogP contribution in [0.3, 0.4) is 0 Å². The van der Waals surface area contributed by atoms with Gasteiger partial charge in [-0.05, 0) is 0 Å². The van der Waals surface area contributed by atoms with Gasteiger partial charge in [-0.1, -0.05) is 0 Å². The molecule has 0 saturated carbocycles. The second-order valence-electron chi connectivity index (χ2n) is 9.74. The molecule has 7 nitrogen and oxygen atoms in total. The van der Waals surface area contributed by atoms with E-state index in [1.54, 1.807) is 7.11 Å². The molecular formula is C29H34N4O3Se. The molecule has 1 N–H and O–H groups in total. The summed E-state index contributed by atoms with van der Waals surface area (Å²) in [5.41, 5.74) is 4.80. The molecule has 1 aliphatic rings. The molecule has 1 aliphatic heterocycles. The zero-order chi connectivity index (χ0) is 25.9. The van der Waals surface area contributed by atoms with Crippen molar-refractivity contribution in [3.05, 3.63) is 63.2 Å². The summed E-state index contributed by atoms with van der Waals surface area (Å²) in [6, 6.07) is 15.1. The molecule has 194 valence electrons. The van der Waals surface area contributed by atoms with E-state index >= 15 is 0 Å². The minimum absolute atomic E-state index is 0.0271. The zero-order valence-corrected chi connectivity index (χ0v) is 23.8. The van der Waals surface area contributed by atoms with Gasteiger partial charge >= 0.3 is 225 Å². The van der Waals surface area contributed by atoms with E-state index in [9.17, 15) is 0 Å². The summed E-state index contributed by atoms with van der Waals surface area (Å²) < 4.78 is 18.8. The van der Waals surface area contributed by atoms with Crippen molar-refractivity contribution < 1.29 is 14.2 Å². The Labute approximate surface area is 224 Å². The topological polar surface area (TPSA) is 68.7 Å². The number of aromatic nitrogens is 2. The van der Waals surface area contributed by atoms with Crippen LogP contribution in [0.1, 0.15) is 35.2 Å². The third kappa shape index (κ3) is 5.83. The molecule has 2 aromatic carbocycles. The number of fused-ring (bicyclic) bond motifs is 1. The van der Waals surface area contributed by atoms with Gasteiger partial charge in [0.25, 0.3) is 0 Å². The molecule has 0 amide bonds. The normalized spacial score (nSPS) is 16.3. The molecule has 0 radical (unpaired) electrons. The minimum atomic E-state index is 0.0271. The fraction of sp³-hybridized carbons (Fsp3) is 0.379. The molecular weight excluding hydrogens is 531 g/mol. The van der Waals surface area contributed by atoms with Crippen LogP contribution in [0, 0.1) is 6.92 Å². The third-order valence-corrected chi connectivity index (χ3v) is 8.83. The molecule has 1 saturated heterocycles. The number of hydrogen-bond donors (Lipinski definition) is 1. The Kier molecular flexibility index (Phi) is 7.81. The van der Waals surface area contributed by atoms with E-state index in [0.717, 1.165) is 36.3 Å². The van der Waals surface area contributed by atoms with Gasteiger partial charge in [0.15, 0.2) is 0 Å². The van der Waals surface area contributed by atoms with Crippen molar-refractivity contribution in [3.8, 4) is 22.6 Å². The van der Waals surface area contributed by atoms with Crippen molar-refractivity contribution >= 4 is 31.2 Å². The van der Waals surface area contributed by atoms with Gasteiger partial charge in [0, 0.05) is 0 Å². The van der Waals surface area contributed by atoms with Crippen LogP contribution >= 0.6 is 0 Å². The average molecular weight is 566 g/mol. The van der Waals surface area contributed by atoms with Crippen molar-refractivity contribution in [2.75, 3.05) is 39.7 Å². The van der Waals surface area contributed by atoms with Crippen molar-refractivity contribution in [2.45, 2.75) is 39.0 Å². The predicted molar refractivity (Wildman–Crippen MR) is 149 cm³/mol. The van der Waals surface area contributed by atoms with E-state index in [0.29, 0.717) is 23.9 Å². The molecule has 3 heterocycles. The molecule has 37 heavy (non-hydrogen) atoms. The van der Waals surface area contributed by atoms with Crippen molar-refractivity contribution in [2.24, 2.45) is 0 Å². The van der Waals surface area contributed by atoms with E-state index in [-0.39, 0.29) is 26.6 Å². The number of nitrogens with one attached hydrogen (secondary N) is 1. The molecule has 0 aliphatic carbocycles. The van der Waals surface area contributed by atoms with Gasteiger partial charge in [-0.2, -0.15) is 0 Å². The summed E-state index contributed by atoms with van der Waals surface area (Å²) >= 11 is 0.269. The van der Waals surface area contributed by atoms with E-state index in [1.807, 2.05) is 19.1 Å². The van der Waals surface area contributed by atoms with Crippen LogP contribution in [0.25, 0.3) is 22.0 Å². The Morgan fingerprint density at radius 2 is 2.00 bits per heavy atom. The van der Waals surface area contributed by atoms with Crippen LogP contribution in [-0.4, -0.2) is 69.9 Å². The summed E-state index contributed by atoms with van der Waals surface area (Å²) in [5, 5.41) is 4.60. The van der Waals surface area contributed by atoms with Crippen LogP contribution in [-0.2, 0) is 11.3 Å². The van der Waals surface area contributed by atoms with Gasteiger partial charge in [0.2, 0.25) is 0 Å². The van der Waals surface area contributed by atoms with Crippen molar-refractivity contribution in [3.63, 3.8) is 0 Å². The molecule has 8 heteroatoms. The third-order valence-electron chi connectivity index (χ3n) is 6.49. The molecule has 5 rings (SSSR count). The van der Waals surface area contributed by atoms with E-state index < -0.39 is 0 Å². The summed E-state index contributed by atoms with van der Waals surface area (Å²) in [5.74, 6) is 2.88. The van der Waals surface area contributed by atoms with Crippen LogP contribution < -0.4 is 14.8 Å². The first-order chi connectivity index (χ1) is 17.9. The number of anilines is 1. The molecule has 0 bridgehead atoms. The van der Waals surface area contributed by atoms with Crippen LogP contribution in [0.15, 0.2) is 47.4 Å². The van der Waals surface area contributed by atoms with Gasteiger partial charge in [0.05, 0.1) is 0 Å². The standard InChI is InChI=1S/C29H34N4O3Se/c1-18(28-12-21(17-37-28)23-9-7-6-8-20(23)15-33(3)4)30-29-24-13-27(36-22-10-11-35-16-22)26(34-5)14-25(24)31-19(2)32-29/h6-9,12-14,17-18,22H,10-11,15-16H2,1-5H3,(H,30,31,32)/t18-,22+/m1/s1. The summed E-state index contributed by atoms with van der Waals surface area (Å²) in [6.45, 7) is 6.36. The number of nitrogens with zero attached hydrogens (tertiary/aromatic N) is 3. The first-order valence-corrected chi connectivity index (χ1v) is 14.4. The number of aryl methyl sites for hydroxylation is 1. The van der Waals surface area contributed by atoms with E-state index in [2.05, 4.69) is 71.5 Å². The fourth-order valence-corrected chi connectivity index (χ4v) is 6.60. The van der Waals surface area contributed by atoms with Gasteiger partial charge in [-0.25, -0.2) is 0 Å². The predicted octanol–water partition coefficient (Wildman–Crippen LogP) is 5.07. The van der Waals surface area contributed by atoms with Crippen molar-refractivity contribution in [1.82, 2.24) is 14.9 Å². The summed E-state index contributed by atoms with van der Waals surface area (Å²) in [6.07, 6.45) is 0.899. The maximum atomic E-state index is 6.24. The molecule has 1 fully saturated rings. The van der Waals surface area contributed by atoms with Crippen molar-refractivity contribution in [1.29, 1.82) is 0 Å². The molecule has 2 aromatic heterocycles. The quantitative estimate of drug-likeness (QED) is 0.284. The van der Waals surface area contributed by atoms with E-state index in [1.165, 1.54) is 21.1 Å². The molecule has 2 atom stereocenters. The molecule has 4 aromatic rings.